The molecule has 0 unspecified atom stereocenters. The number of rotatable bonds is 3. The van der Waals surface area contributed by atoms with Crippen LogP contribution in [0.4, 0.5) is 11.4 Å². The van der Waals surface area contributed by atoms with Crippen molar-refractivity contribution in [1.82, 2.24) is 4.90 Å². The second-order valence-corrected chi connectivity index (χ2v) is 6.90. The van der Waals surface area contributed by atoms with Gasteiger partial charge in [-0.25, -0.2) is 0 Å². The number of thiocarbonyl (C=S) groups is 1. The maximum atomic E-state index is 5.39. The summed E-state index contributed by atoms with van der Waals surface area (Å²) in [7, 11) is 0. The summed E-state index contributed by atoms with van der Waals surface area (Å²) < 4.78 is 0. The van der Waals surface area contributed by atoms with E-state index in [-0.39, 0.29) is 0 Å². The van der Waals surface area contributed by atoms with E-state index in [4.69, 9.17) is 12.2 Å². The van der Waals surface area contributed by atoms with E-state index >= 15 is 0 Å². The number of fused-ring (bicyclic) bond motifs is 1. The number of nitrogens with zero attached hydrogens (tertiary/aromatic N) is 2. The first-order valence-corrected chi connectivity index (χ1v) is 8.95. The molecule has 6 heteroatoms. The zero-order valence-electron chi connectivity index (χ0n) is 12.9. The van der Waals surface area contributed by atoms with E-state index in [1.54, 1.807) is 11.8 Å². The monoisotopic (exact) mass is 352 g/mol. The van der Waals surface area contributed by atoms with Gasteiger partial charge in [-0.2, -0.15) is 0 Å². The van der Waals surface area contributed by atoms with Crippen molar-refractivity contribution in [3.8, 4) is 0 Å². The molecule has 2 aliphatic heterocycles. The molecule has 0 saturated heterocycles. The lowest BCUT2D eigenvalue weighted by Crippen LogP contribution is -2.18. The lowest BCUT2D eigenvalue weighted by molar-refractivity contribution is 0.626. The molecule has 2 heterocycles. The molecule has 2 N–H and O–H groups in total. The molecule has 0 amide bonds. The smallest absolute Gasteiger partial charge is 0.175 e. The summed E-state index contributed by atoms with van der Waals surface area (Å²) in [6.45, 7) is 1.88. The summed E-state index contributed by atoms with van der Waals surface area (Å²) in [6.07, 6.45) is 2.18. The van der Waals surface area contributed by atoms with Crippen molar-refractivity contribution in [1.29, 1.82) is 0 Å². The molecule has 2 aromatic rings. The maximum Gasteiger partial charge on any atom is 0.175 e. The highest BCUT2D eigenvalue weighted by Gasteiger charge is 2.25. The van der Waals surface area contributed by atoms with Crippen LogP contribution in [-0.4, -0.2) is 28.3 Å². The van der Waals surface area contributed by atoms with Gasteiger partial charge in [-0.1, -0.05) is 30.3 Å². The third kappa shape index (κ3) is 3.29. The molecular weight excluding hydrogens is 336 g/mol. The van der Waals surface area contributed by atoms with E-state index in [2.05, 4.69) is 38.9 Å². The minimum Gasteiger partial charge on any atom is -0.332 e. The summed E-state index contributed by atoms with van der Waals surface area (Å²) >= 11 is 7.12. The molecule has 24 heavy (non-hydrogen) atoms. The maximum absolute atomic E-state index is 5.39. The number of hydrogen-bond donors (Lipinski definition) is 2. The number of hydrogen-bond acceptors (Lipinski definition) is 4. The Morgan fingerprint density at radius 1 is 1.04 bits per heavy atom. The number of amidine groups is 1. The average Bonchev–Trinajstić information content (AvgIpc) is 3.17. The van der Waals surface area contributed by atoms with E-state index in [1.807, 2.05) is 42.5 Å². The first-order valence-electron chi connectivity index (χ1n) is 7.72. The molecule has 0 atom stereocenters. The van der Waals surface area contributed by atoms with Gasteiger partial charge in [0.25, 0.3) is 0 Å². The summed E-state index contributed by atoms with van der Waals surface area (Å²) in [5.41, 5.74) is 3.11. The SMILES string of the molecule is S=C(Nc1ccccc1)Nc1cccc(C2=CN3CCN=C3S2)c1. The van der Waals surface area contributed by atoms with Crippen molar-refractivity contribution in [2.24, 2.45) is 4.99 Å². The van der Waals surface area contributed by atoms with Crippen LogP contribution >= 0.6 is 24.0 Å². The fourth-order valence-corrected chi connectivity index (χ4v) is 3.89. The lowest BCUT2D eigenvalue weighted by atomic mass is 10.2. The van der Waals surface area contributed by atoms with Gasteiger partial charge in [-0.05, 0) is 53.8 Å². The highest BCUT2D eigenvalue weighted by atomic mass is 32.2. The zero-order valence-corrected chi connectivity index (χ0v) is 14.5. The normalized spacial score (nSPS) is 15.6. The summed E-state index contributed by atoms with van der Waals surface area (Å²) in [4.78, 5) is 7.93. The molecule has 120 valence electrons. The van der Waals surface area contributed by atoms with Gasteiger partial charge in [-0.3, -0.25) is 4.99 Å². The molecular formula is C18H16N4S2. The molecule has 0 aliphatic carbocycles. The predicted octanol–water partition coefficient (Wildman–Crippen LogP) is 4.21. The molecule has 0 fully saturated rings. The minimum atomic E-state index is 0.580. The highest BCUT2D eigenvalue weighted by molar-refractivity contribution is 8.22. The first-order chi connectivity index (χ1) is 11.8. The molecule has 0 aromatic heterocycles. The molecule has 2 aromatic carbocycles. The molecule has 2 aliphatic rings. The first kappa shape index (κ1) is 15.2. The Bertz CT molecular complexity index is 830. The quantitative estimate of drug-likeness (QED) is 0.810. The van der Waals surface area contributed by atoms with Crippen LogP contribution in [0.2, 0.25) is 0 Å². The molecule has 0 bridgehead atoms. The van der Waals surface area contributed by atoms with Gasteiger partial charge in [0.1, 0.15) is 0 Å². The third-order valence-corrected chi connectivity index (χ3v) is 5.06. The number of aliphatic imine (C=N–C) groups is 1. The Hall–Kier alpha value is -2.31. The van der Waals surface area contributed by atoms with Crippen molar-refractivity contribution in [2.45, 2.75) is 0 Å². The second kappa shape index (κ2) is 6.67. The second-order valence-electron chi connectivity index (χ2n) is 5.48. The largest absolute Gasteiger partial charge is 0.332 e. The van der Waals surface area contributed by atoms with Crippen molar-refractivity contribution in [3.63, 3.8) is 0 Å². The van der Waals surface area contributed by atoms with Gasteiger partial charge in [0.2, 0.25) is 0 Å². The van der Waals surface area contributed by atoms with Crippen LogP contribution in [0, 0.1) is 0 Å². The summed E-state index contributed by atoms with van der Waals surface area (Å²) in [6, 6.07) is 18.2. The van der Waals surface area contributed by atoms with Gasteiger partial charge < -0.3 is 15.5 Å². The number of anilines is 2. The Morgan fingerprint density at radius 3 is 2.67 bits per heavy atom. The Labute approximate surface area is 150 Å². The van der Waals surface area contributed by atoms with Gasteiger partial charge in [-0.15, -0.1) is 0 Å². The summed E-state index contributed by atoms with van der Waals surface area (Å²) in [5, 5.41) is 8.11. The van der Waals surface area contributed by atoms with Gasteiger partial charge in [0.05, 0.1) is 6.54 Å². The zero-order chi connectivity index (χ0) is 16.4. The summed E-state index contributed by atoms with van der Waals surface area (Å²) in [5.74, 6) is 0. The van der Waals surface area contributed by atoms with Crippen LogP contribution in [0.1, 0.15) is 5.56 Å². The van der Waals surface area contributed by atoms with Crippen LogP contribution in [0.3, 0.4) is 0 Å². The topological polar surface area (TPSA) is 39.7 Å². The number of benzene rings is 2. The molecule has 0 saturated carbocycles. The van der Waals surface area contributed by atoms with Crippen LogP contribution in [0.5, 0.6) is 0 Å². The fourth-order valence-electron chi connectivity index (χ4n) is 2.62. The van der Waals surface area contributed by atoms with E-state index in [0.29, 0.717) is 5.11 Å². The molecule has 0 spiro atoms. The van der Waals surface area contributed by atoms with Gasteiger partial charge in [0.15, 0.2) is 10.3 Å². The number of nitrogens with one attached hydrogen (secondary N) is 2. The van der Waals surface area contributed by atoms with Crippen LogP contribution in [0.25, 0.3) is 4.91 Å². The van der Waals surface area contributed by atoms with Gasteiger partial charge >= 0.3 is 0 Å². The Morgan fingerprint density at radius 2 is 1.83 bits per heavy atom. The van der Waals surface area contributed by atoms with Crippen LogP contribution < -0.4 is 10.6 Å². The van der Waals surface area contributed by atoms with Crippen molar-refractivity contribution in [2.75, 3.05) is 23.7 Å². The van der Waals surface area contributed by atoms with E-state index in [9.17, 15) is 0 Å². The predicted molar refractivity (Wildman–Crippen MR) is 107 cm³/mol. The fraction of sp³-hybridized carbons (Fsp3) is 0.111. The van der Waals surface area contributed by atoms with E-state index < -0.39 is 0 Å². The van der Waals surface area contributed by atoms with E-state index in [0.717, 1.165) is 29.6 Å². The third-order valence-electron chi connectivity index (χ3n) is 3.74. The van der Waals surface area contributed by atoms with Crippen LogP contribution in [0.15, 0.2) is 65.8 Å². The minimum absolute atomic E-state index is 0.580. The number of para-hydroxylation sites is 1. The number of thioether (sulfide) groups is 1. The van der Waals surface area contributed by atoms with Gasteiger partial charge in [0, 0.05) is 29.0 Å². The highest BCUT2D eigenvalue weighted by Crippen LogP contribution is 2.38. The van der Waals surface area contributed by atoms with Crippen molar-refractivity contribution >= 4 is 50.5 Å². The Balaban J connectivity index is 1.45. The van der Waals surface area contributed by atoms with Crippen molar-refractivity contribution in [3.05, 3.63) is 66.4 Å². The molecule has 4 nitrogen and oxygen atoms in total. The molecule has 0 radical (unpaired) electrons. The average molecular weight is 352 g/mol. The molecule has 4 rings (SSSR count). The standard InChI is InChI=1S/C18H16N4S2/c23-17(20-14-6-2-1-3-7-14)21-15-8-4-5-13(11-15)16-12-22-10-9-19-18(22)24-16/h1-8,11-12H,9-10H2,(H2,20,21,23). The van der Waals surface area contributed by atoms with E-state index in [1.165, 1.54) is 10.5 Å². The van der Waals surface area contributed by atoms with Crippen LogP contribution in [-0.2, 0) is 0 Å². The van der Waals surface area contributed by atoms with Crippen molar-refractivity contribution < 1.29 is 0 Å². The lowest BCUT2D eigenvalue weighted by Gasteiger charge is -2.11. The Kier molecular flexibility index (Phi) is 4.23.